The van der Waals surface area contributed by atoms with Crippen LogP contribution < -0.4 is 10.2 Å². The second-order valence-electron chi connectivity index (χ2n) is 5.01. The highest BCUT2D eigenvalue weighted by atomic mass is 35.5. The van der Waals surface area contributed by atoms with Gasteiger partial charge in [-0.3, -0.25) is 9.59 Å². The minimum Gasteiger partial charge on any atom is -0.350 e. The lowest BCUT2D eigenvalue weighted by molar-refractivity contribution is -0.116. The third-order valence-corrected chi connectivity index (χ3v) is 4.07. The number of nitrogens with zero attached hydrogens (tertiary/aromatic N) is 1. The predicted octanol–water partition coefficient (Wildman–Crippen LogP) is 3.92. The molecule has 0 aliphatic rings. The summed E-state index contributed by atoms with van der Waals surface area (Å²) in [5.41, 5.74) is 0.526. The van der Waals surface area contributed by atoms with Gasteiger partial charge in [-0.15, -0.1) is 0 Å². The topological polar surface area (TPSA) is 49.4 Å². The quantitative estimate of drug-likeness (QED) is 0.869. The number of hydrogen-bond donors (Lipinski definition) is 1. The highest BCUT2D eigenvalue weighted by Gasteiger charge is 2.15. The number of nitrogens with one attached hydrogen (secondary N) is 1. The van der Waals surface area contributed by atoms with E-state index in [1.165, 1.54) is 36.1 Å². The summed E-state index contributed by atoms with van der Waals surface area (Å²) in [4.78, 5) is 25.1. The van der Waals surface area contributed by atoms with Crippen LogP contribution in [0.1, 0.15) is 17.3 Å². The summed E-state index contributed by atoms with van der Waals surface area (Å²) in [6, 6.07) is 10.5. The molecule has 2 rings (SSSR count). The van der Waals surface area contributed by atoms with Crippen molar-refractivity contribution in [3.05, 3.63) is 63.9 Å². The zero-order chi connectivity index (χ0) is 17.7. The van der Waals surface area contributed by atoms with Crippen molar-refractivity contribution in [2.75, 3.05) is 18.0 Å². The molecule has 0 aliphatic carbocycles. The maximum atomic E-state index is 13.8. The number of amides is 2. The summed E-state index contributed by atoms with van der Waals surface area (Å²) in [5.74, 6) is -1.17. The largest absolute Gasteiger partial charge is 0.350 e. The summed E-state index contributed by atoms with van der Waals surface area (Å²) in [5, 5.41) is 3.30. The van der Waals surface area contributed by atoms with Crippen LogP contribution in [0.5, 0.6) is 0 Å². The second-order valence-corrected chi connectivity index (χ2v) is 5.82. The van der Waals surface area contributed by atoms with Gasteiger partial charge in [-0.25, -0.2) is 4.39 Å². The zero-order valence-electron chi connectivity index (χ0n) is 12.9. The summed E-state index contributed by atoms with van der Waals surface area (Å²) in [6.45, 7) is 1.64. The Morgan fingerprint density at radius 3 is 2.46 bits per heavy atom. The van der Waals surface area contributed by atoms with Crippen molar-refractivity contribution in [1.82, 2.24) is 5.32 Å². The van der Waals surface area contributed by atoms with Crippen molar-refractivity contribution in [3.63, 3.8) is 0 Å². The van der Waals surface area contributed by atoms with Gasteiger partial charge in [0.2, 0.25) is 5.91 Å². The number of carbonyl (C=O) groups is 2. The van der Waals surface area contributed by atoms with Crippen LogP contribution in [0.2, 0.25) is 10.0 Å². The zero-order valence-corrected chi connectivity index (χ0v) is 14.4. The molecular weight excluding hydrogens is 354 g/mol. The Balaban J connectivity index is 2.00. The van der Waals surface area contributed by atoms with Gasteiger partial charge in [0.15, 0.2) is 0 Å². The van der Waals surface area contributed by atoms with Crippen LogP contribution in [-0.4, -0.2) is 24.9 Å². The van der Waals surface area contributed by atoms with Gasteiger partial charge >= 0.3 is 0 Å². The first-order valence-corrected chi connectivity index (χ1v) is 7.91. The smallest absolute Gasteiger partial charge is 0.251 e. The molecule has 4 nitrogen and oxygen atoms in total. The molecular formula is C17H15Cl2FN2O2. The van der Waals surface area contributed by atoms with Crippen molar-refractivity contribution < 1.29 is 14.0 Å². The highest BCUT2D eigenvalue weighted by Crippen LogP contribution is 2.22. The summed E-state index contributed by atoms with van der Waals surface area (Å²) in [6.07, 6.45) is 0. The van der Waals surface area contributed by atoms with Crippen molar-refractivity contribution >= 4 is 40.7 Å². The van der Waals surface area contributed by atoms with Crippen LogP contribution in [0, 0.1) is 5.82 Å². The molecule has 0 atom stereocenters. The molecule has 0 spiro atoms. The summed E-state index contributed by atoms with van der Waals surface area (Å²) in [7, 11) is 0. The van der Waals surface area contributed by atoms with E-state index in [1.54, 1.807) is 18.2 Å². The molecule has 2 aromatic rings. The van der Waals surface area contributed by atoms with Crippen LogP contribution in [0.15, 0.2) is 42.5 Å². The van der Waals surface area contributed by atoms with Crippen LogP contribution in [0.3, 0.4) is 0 Å². The maximum Gasteiger partial charge on any atom is 0.251 e. The number of para-hydroxylation sites is 1. The molecule has 0 unspecified atom stereocenters. The Bertz CT molecular complexity index is 768. The van der Waals surface area contributed by atoms with E-state index in [2.05, 4.69) is 5.32 Å². The normalized spacial score (nSPS) is 10.3. The number of rotatable bonds is 5. The molecule has 0 heterocycles. The summed E-state index contributed by atoms with van der Waals surface area (Å²) < 4.78 is 13.8. The third-order valence-electron chi connectivity index (χ3n) is 3.33. The average Bonchev–Trinajstić information content (AvgIpc) is 2.54. The first-order valence-electron chi connectivity index (χ1n) is 7.16. The SMILES string of the molecule is CC(=O)N(CCNC(=O)c1ccc(Cl)c(Cl)c1)c1ccccc1F. The van der Waals surface area contributed by atoms with E-state index in [4.69, 9.17) is 23.2 Å². The van der Waals surface area contributed by atoms with E-state index in [-0.39, 0.29) is 35.6 Å². The van der Waals surface area contributed by atoms with Gasteiger partial charge in [-0.1, -0.05) is 35.3 Å². The molecule has 2 aromatic carbocycles. The van der Waals surface area contributed by atoms with Gasteiger partial charge < -0.3 is 10.2 Å². The molecule has 0 bridgehead atoms. The Morgan fingerprint density at radius 2 is 1.83 bits per heavy atom. The van der Waals surface area contributed by atoms with Crippen LogP contribution >= 0.6 is 23.2 Å². The van der Waals surface area contributed by atoms with Gasteiger partial charge in [-0.2, -0.15) is 0 Å². The first-order chi connectivity index (χ1) is 11.4. The van der Waals surface area contributed by atoms with Gasteiger partial charge in [-0.05, 0) is 30.3 Å². The Morgan fingerprint density at radius 1 is 1.12 bits per heavy atom. The molecule has 0 saturated heterocycles. The number of carbonyl (C=O) groups excluding carboxylic acids is 2. The van der Waals surface area contributed by atoms with E-state index >= 15 is 0 Å². The Hall–Kier alpha value is -2.11. The first kappa shape index (κ1) is 18.2. The number of hydrogen-bond acceptors (Lipinski definition) is 2. The molecule has 0 saturated carbocycles. The monoisotopic (exact) mass is 368 g/mol. The fraction of sp³-hybridized carbons (Fsp3) is 0.176. The van der Waals surface area contributed by atoms with Gasteiger partial charge in [0.25, 0.3) is 5.91 Å². The lowest BCUT2D eigenvalue weighted by atomic mass is 10.2. The molecule has 0 aliphatic heterocycles. The van der Waals surface area contributed by atoms with Crippen LogP contribution in [-0.2, 0) is 4.79 Å². The molecule has 0 fully saturated rings. The minimum absolute atomic E-state index is 0.142. The van der Waals surface area contributed by atoms with Crippen molar-refractivity contribution in [3.8, 4) is 0 Å². The Labute approximate surface area is 149 Å². The lowest BCUT2D eigenvalue weighted by Gasteiger charge is -2.21. The molecule has 0 aromatic heterocycles. The van der Waals surface area contributed by atoms with E-state index < -0.39 is 5.82 Å². The molecule has 126 valence electrons. The molecule has 24 heavy (non-hydrogen) atoms. The summed E-state index contributed by atoms with van der Waals surface area (Å²) >= 11 is 11.7. The second kappa shape index (κ2) is 8.13. The minimum atomic E-state index is -0.497. The average molecular weight is 369 g/mol. The molecule has 0 radical (unpaired) electrons. The molecule has 2 amide bonds. The van der Waals surface area contributed by atoms with Crippen LogP contribution in [0.4, 0.5) is 10.1 Å². The van der Waals surface area contributed by atoms with Gasteiger partial charge in [0.05, 0.1) is 15.7 Å². The van der Waals surface area contributed by atoms with Crippen molar-refractivity contribution in [2.45, 2.75) is 6.92 Å². The predicted molar refractivity (Wildman–Crippen MR) is 93.2 cm³/mol. The van der Waals surface area contributed by atoms with E-state index in [9.17, 15) is 14.0 Å². The fourth-order valence-electron chi connectivity index (χ4n) is 2.14. The van der Waals surface area contributed by atoms with Crippen LogP contribution in [0.25, 0.3) is 0 Å². The van der Waals surface area contributed by atoms with E-state index in [0.29, 0.717) is 10.6 Å². The number of anilines is 1. The highest BCUT2D eigenvalue weighted by molar-refractivity contribution is 6.42. The van der Waals surface area contributed by atoms with Gasteiger partial charge in [0, 0.05) is 25.6 Å². The molecule has 7 heteroatoms. The van der Waals surface area contributed by atoms with E-state index in [1.807, 2.05) is 0 Å². The lowest BCUT2D eigenvalue weighted by Crippen LogP contribution is -2.38. The fourth-order valence-corrected chi connectivity index (χ4v) is 2.44. The molecule has 1 N–H and O–H groups in total. The Kier molecular flexibility index (Phi) is 6.17. The standard InChI is InChI=1S/C17H15Cl2FN2O2/c1-11(23)22(16-5-3-2-4-15(16)20)9-8-21-17(24)12-6-7-13(18)14(19)10-12/h2-7,10H,8-9H2,1H3,(H,21,24). The van der Waals surface area contributed by atoms with Crippen molar-refractivity contribution in [1.29, 1.82) is 0 Å². The maximum absolute atomic E-state index is 13.8. The number of benzene rings is 2. The van der Waals surface area contributed by atoms with E-state index in [0.717, 1.165) is 0 Å². The number of halogens is 3. The third kappa shape index (κ3) is 4.46. The van der Waals surface area contributed by atoms with Gasteiger partial charge in [0.1, 0.15) is 5.82 Å². The van der Waals surface area contributed by atoms with Crippen molar-refractivity contribution in [2.24, 2.45) is 0 Å².